The maximum absolute atomic E-state index is 5.27. The van der Waals surface area contributed by atoms with Crippen LogP contribution in [-0.2, 0) is 11.2 Å². The lowest BCUT2D eigenvalue weighted by atomic mass is 10.1. The van der Waals surface area contributed by atoms with Crippen molar-refractivity contribution in [1.29, 1.82) is 0 Å². The van der Waals surface area contributed by atoms with Gasteiger partial charge in [-0.15, -0.1) is 0 Å². The minimum Gasteiger partial charge on any atom is -0.384 e. The first kappa shape index (κ1) is 16.8. The molecule has 3 heterocycles. The van der Waals surface area contributed by atoms with Crippen LogP contribution in [0.5, 0.6) is 0 Å². The molecular formula is C18H27N5O. The van der Waals surface area contributed by atoms with E-state index in [4.69, 9.17) is 9.72 Å². The molecule has 2 aromatic heterocycles. The van der Waals surface area contributed by atoms with Crippen LogP contribution < -0.4 is 5.32 Å². The van der Waals surface area contributed by atoms with Crippen LogP contribution in [0.25, 0.3) is 5.65 Å². The van der Waals surface area contributed by atoms with Crippen molar-refractivity contribution in [3.63, 3.8) is 0 Å². The molecule has 1 aliphatic rings. The van der Waals surface area contributed by atoms with Gasteiger partial charge in [0.15, 0.2) is 5.96 Å². The van der Waals surface area contributed by atoms with Crippen LogP contribution in [0, 0.1) is 12.8 Å². The maximum atomic E-state index is 5.27. The fourth-order valence-electron chi connectivity index (χ4n) is 3.36. The number of pyridine rings is 1. The molecular weight excluding hydrogens is 302 g/mol. The molecule has 0 spiro atoms. The zero-order valence-electron chi connectivity index (χ0n) is 14.8. The number of hydrogen-bond acceptors (Lipinski definition) is 3. The van der Waals surface area contributed by atoms with Gasteiger partial charge in [0.1, 0.15) is 5.65 Å². The van der Waals surface area contributed by atoms with Crippen molar-refractivity contribution in [1.82, 2.24) is 19.6 Å². The molecule has 1 saturated heterocycles. The van der Waals surface area contributed by atoms with Crippen LogP contribution in [0.1, 0.15) is 17.7 Å². The maximum Gasteiger partial charge on any atom is 0.193 e. The van der Waals surface area contributed by atoms with Crippen molar-refractivity contribution < 1.29 is 4.74 Å². The summed E-state index contributed by atoms with van der Waals surface area (Å²) in [6.45, 7) is 5.81. The fourth-order valence-corrected chi connectivity index (χ4v) is 3.36. The summed E-state index contributed by atoms with van der Waals surface area (Å²) in [7, 11) is 3.62. The van der Waals surface area contributed by atoms with Crippen LogP contribution in [0.2, 0.25) is 0 Å². The normalized spacial score (nSPS) is 18.5. The molecule has 0 amide bonds. The second-order valence-corrected chi connectivity index (χ2v) is 6.43. The molecule has 6 heteroatoms. The van der Waals surface area contributed by atoms with Gasteiger partial charge in [-0.3, -0.25) is 4.99 Å². The number of aromatic nitrogens is 2. The van der Waals surface area contributed by atoms with Gasteiger partial charge in [-0.2, -0.15) is 0 Å². The van der Waals surface area contributed by atoms with Gasteiger partial charge in [-0.05, 0) is 25.0 Å². The van der Waals surface area contributed by atoms with Crippen LogP contribution in [0.3, 0.4) is 0 Å². The molecule has 1 N–H and O–H groups in total. The first-order chi connectivity index (χ1) is 11.7. The van der Waals surface area contributed by atoms with E-state index in [-0.39, 0.29) is 0 Å². The highest BCUT2D eigenvalue weighted by atomic mass is 16.5. The van der Waals surface area contributed by atoms with Crippen LogP contribution >= 0.6 is 0 Å². The number of ether oxygens (including phenoxy) is 1. The van der Waals surface area contributed by atoms with E-state index in [9.17, 15) is 0 Å². The van der Waals surface area contributed by atoms with Gasteiger partial charge in [0.25, 0.3) is 0 Å². The highest BCUT2D eigenvalue weighted by molar-refractivity contribution is 5.80. The molecule has 3 rings (SSSR count). The largest absolute Gasteiger partial charge is 0.384 e. The Kier molecular flexibility index (Phi) is 5.35. The van der Waals surface area contributed by atoms with Crippen molar-refractivity contribution in [2.45, 2.75) is 19.8 Å². The Hall–Kier alpha value is -2.08. The van der Waals surface area contributed by atoms with Crippen molar-refractivity contribution in [2.75, 3.05) is 40.4 Å². The summed E-state index contributed by atoms with van der Waals surface area (Å²) in [5.74, 6) is 1.59. The predicted molar refractivity (Wildman–Crippen MR) is 96.6 cm³/mol. The molecule has 0 aliphatic carbocycles. The summed E-state index contributed by atoms with van der Waals surface area (Å²) in [4.78, 5) is 11.5. The molecule has 0 bridgehead atoms. The van der Waals surface area contributed by atoms with E-state index in [1.54, 1.807) is 7.11 Å². The first-order valence-corrected chi connectivity index (χ1v) is 8.59. The minimum absolute atomic E-state index is 0.606. The van der Waals surface area contributed by atoms with Crippen molar-refractivity contribution in [2.24, 2.45) is 10.9 Å². The summed E-state index contributed by atoms with van der Waals surface area (Å²) in [6, 6.07) is 4.15. The van der Waals surface area contributed by atoms with Gasteiger partial charge in [0.2, 0.25) is 0 Å². The van der Waals surface area contributed by atoms with E-state index < -0.39 is 0 Å². The number of imidazole rings is 1. The number of nitrogens with one attached hydrogen (secondary N) is 1. The third-order valence-electron chi connectivity index (χ3n) is 4.59. The quantitative estimate of drug-likeness (QED) is 0.670. The summed E-state index contributed by atoms with van der Waals surface area (Å²) >= 11 is 0. The number of aryl methyl sites for hydroxylation is 1. The Morgan fingerprint density at radius 1 is 1.50 bits per heavy atom. The Bertz CT molecular complexity index is 708. The van der Waals surface area contributed by atoms with Crippen LogP contribution in [0.4, 0.5) is 0 Å². The number of aliphatic imine (C=N–C) groups is 1. The lowest BCUT2D eigenvalue weighted by Crippen LogP contribution is -2.41. The molecule has 0 saturated carbocycles. The average Bonchev–Trinajstić information content (AvgIpc) is 3.19. The van der Waals surface area contributed by atoms with Crippen molar-refractivity contribution in [3.05, 3.63) is 35.8 Å². The van der Waals surface area contributed by atoms with E-state index in [0.29, 0.717) is 5.92 Å². The Morgan fingerprint density at radius 3 is 3.12 bits per heavy atom. The number of rotatable bonds is 5. The van der Waals surface area contributed by atoms with E-state index in [2.05, 4.69) is 44.9 Å². The average molecular weight is 329 g/mol. The molecule has 1 fully saturated rings. The first-order valence-electron chi connectivity index (χ1n) is 8.59. The molecule has 1 aliphatic heterocycles. The molecule has 0 radical (unpaired) electrons. The molecule has 1 atom stereocenters. The van der Waals surface area contributed by atoms with Crippen molar-refractivity contribution in [3.8, 4) is 0 Å². The minimum atomic E-state index is 0.606. The van der Waals surface area contributed by atoms with E-state index in [1.807, 2.05) is 13.2 Å². The Morgan fingerprint density at radius 2 is 2.38 bits per heavy atom. The third kappa shape index (κ3) is 3.70. The number of guanidine groups is 1. The molecule has 0 aromatic carbocycles. The van der Waals surface area contributed by atoms with Crippen LogP contribution in [0.15, 0.2) is 29.5 Å². The zero-order valence-corrected chi connectivity index (χ0v) is 14.8. The standard InChI is InChI=1S/C18H27N5O/c1-14-5-4-9-22-12-16(21-17(14)22)6-8-20-18(19-2)23-10-7-15(11-23)13-24-3/h4-5,9,12,15H,6-8,10-11,13H2,1-3H3,(H,19,20). The molecule has 130 valence electrons. The number of likely N-dealkylation sites (tertiary alicyclic amines) is 1. The van der Waals surface area contributed by atoms with E-state index in [0.717, 1.165) is 50.0 Å². The molecule has 2 aromatic rings. The summed E-state index contributed by atoms with van der Waals surface area (Å²) in [6.07, 6.45) is 6.21. The molecule has 1 unspecified atom stereocenters. The van der Waals surface area contributed by atoms with Crippen LogP contribution in [-0.4, -0.2) is 60.6 Å². The van der Waals surface area contributed by atoms with Gasteiger partial charge in [-0.1, -0.05) is 6.07 Å². The highest BCUT2D eigenvalue weighted by Crippen LogP contribution is 2.16. The zero-order chi connectivity index (χ0) is 16.9. The summed E-state index contributed by atoms with van der Waals surface area (Å²) < 4.78 is 7.36. The second-order valence-electron chi connectivity index (χ2n) is 6.43. The molecule has 6 nitrogen and oxygen atoms in total. The monoisotopic (exact) mass is 329 g/mol. The number of nitrogens with zero attached hydrogens (tertiary/aromatic N) is 4. The number of methoxy groups -OCH3 is 1. The Labute approximate surface area is 143 Å². The lowest BCUT2D eigenvalue weighted by molar-refractivity contribution is 0.157. The number of hydrogen-bond donors (Lipinski definition) is 1. The second kappa shape index (κ2) is 7.66. The van der Waals surface area contributed by atoms with Gasteiger partial charge >= 0.3 is 0 Å². The van der Waals surface area contributed by atoms with E-state index >= 15 is 0 Å². The Balaban J connectivity index is 1.53. The number of fused-ring (bicyclic) bond motifs is 1. The van der Waals surface area contributed by atoms with Gasteiger partial charge in [-0.25, -0.2) is 4.98 Å². The fraction of sp³-hybridized carbons (Fsp3) is 0.556. The van der Waals surface area contributed by atoms with E-state index in [1.165, 1.54) is 12.0 Å². The van der Waals surface area contributed by atoms with Gasteiger partial charge in [0, 0.05) is 58.5 Å². The van der Waals surface area contributed by atoms with Gasteiger partial charge in [0.05, 0.1) is 12.3 Å². The topological polar surface area (TPSA) is 54.2 Å². The lowest BCUT2D eigenvalue weighted by Gasteiger charge is -2.21. The highest BCUT2D eigenvalue weighted by Gasteiger charge is 2.24. The smallest absolute Gasteiger partial charge is 0.193 e. The summed E-state index contributed by atoms with van der Waals surface area (Å²) in [5, 5.41) is 3.47. The SMILES string of the molecule is CN=C(NCCc1cn2cccc(C)c2n1)N1CCC(COC)C1. The summed E-state index contributed by atoms with van der Waals surface area (Å²) in [5.41, 5.74) is 3.35. The van der Waals surface area contributed by atoms with Crippen molar-refractivity contribution >= 4 is 11.6 Å². The predicted octanol–water partition coefficient (Wildman–Crippen LogP) is 1.73. The third-order valence-corrected chi connectivity index (χ3v) is 4.59. The van der Waals surface area contributed by atoms with Gasteiger partial charge < -0.3 is 19.4 Å². The molecule has 24 heavy (non-hydrogen) atoms.